The summed E-state index contributed by atoms with van der Waals surface area (Å²) in [6.45, 7) is 6.77. The van der Waals surface area contributed by atoms with Crippen molar-refractivity contribution in [2.24, 2.45) is 5.92 Å². The minimum atomic E-state index is -0.820. The number of rotatable bonds is 10. The normalized spacial score (nSPS) is 20.6. The highest BCUT2D eigenvalue weighted by molar-refractivity contribution is 5.88. The van der Waals surface area contributed by atoms with E-state index in [4.69, 9.17) is 5.11 Å². The number of carbonyl (C=O) groups is 2. The van der Waals surface area contributed by atoms with Gasteiger partial charge in [0.25, 0.3) is 0 Å². The van der Waals surface area contributed by atoms with Crippen LogP contribution in [0.2, 0.25) is 0 Å². The van der Waals surface area contributed by atoms with Gasteiger partial charge in [-0.1, -0.05) is 68.3 Å². The number of amides is 1. The van der Waals surface area contributed by atoms with Crippen molar-refractivity contribution >= 4 is 11.9 Å². The third kappa shape index (κ3) is 5.95. The van der Waals surface area contributed by atoms with E-state index in [1.807, 2.05) is 0 Å². The lowest BCUT2D eigenvalue weighted by Gasteiger charge is -2.29. The number of hydrogen-bond donors (Lipinski definition) is 2. The second-order valence-electron chi connectivity index (χ2n) is 10.6. The first kappa shape index (κ1) is 25.4. The van der Waals surface area contributed by atoms with Crippen molar-refractivity contribution < 1.29 is 14.7 Å². The highest BCUT2D eigenvalue weighted by Crippen LogP contribution is 2.42. The Kier molecular flexibility index (Phi) is 8.27. The van der Waals surface area contributed by atoms with E-state index in [1.54, 1.807) is 6.92 Å². The van der Waals surface area contributed by atoms with Gasteiger partial charge in [0.2, 0.25) is 5.91 Å². The van der Waals surface area contributed by atoms with Gasteiger partial charge in [-0.05, 0) is 74.2 Å². The number of nitrogens with zero attached hydrogens (tertiary/aromatic N) is 1. The molecule has 2 fully saturated rings. The summed E-state index contributed by atoms with van der Waals surface area (Å²) in [6, 6.07) is 18.1. The Hall–Kier alpha value is -2.66. The molecule has 5 heteroatoms. The molecule has 1 amide bonds. The summed E-state index contributed by atoms with van der Waals surface area (Å²) in [5.74, 6) is -1.24. The monoisotopic (exact) mass is 476 g/mol. The van der Waals surface area contributed by atoms with Crippen molar-refractivity contribution in [2.75, 3.05) is 19.6 Å². The molecule has 1 heterocycles. The zero-order valence-electron chi connectivity index (χ0n) is 21.3. The number of carbonyl (C=O) groups excluding carboxylic acids is 1. The third-order valence-corrected chi connectivity index (χ3v) is 8.28. The Labute approximate surface area is 209 Å². The summed E-state index contributed by atoms with van der Waals surface area (Å²) < 4.78 is 0. The predicted octanol–water partition coefficient (Wildman–Crippen LogP) is 5.42. The average Bonchev–Trinajstić information content (AvgIpc) is 3.53. The number of carboxylic acids is 1. The number of nitrogens with one attached hydrogen (secondary N) is 1. The fourth-order valence-corrected chi connectivity index (χ4v) is 5.76. The molecule has 4 rings (SSSR count). The summed E-state index contributed by atoms with van der Waals surface area (Å²) >= 11 is 0. The molecular weight excluding hydrogens is 436 g/mol. The first-order valence-electron chi connectivity index (χ1n) is 13.3. The standard InChI is InChI=1S/C30H40N2O3/c1-22(28(33)34)15-19-31-29(35)30(17-3-4-18-30)27-13-11-26(12-14-27)25-9-7-24(8-10-25)16-21-32-20-5-6-23(32)2/h7-14,22-23H,3-6,15-21H2,1-2H3,(H,31,35)(H,33,34)/t22-,23?/m1/s1. The van der Waals surface area contributed by atoms with E-state index in [0.29, 0.717) is 19.0 Å². The van der Waals surface area contributed by atoms with Gasteiger partial charge in [0, 0.05) is 19.1 Å². The minimum absolute atomic E-state index is 0.0389. The van der Waals surface area contributed by atoms with Crippen LogP contribution in [0.1, 0.15) is 69.9 Å². The smallest absolute Gasteiger partial charge is 0.306 e. The molecule has 1 saturated carbocycles. The van der Waals surface area contributed by atoms with Gasteiger partial charge in [-0.2, -0.15) is 0 Å². The van der Waals surface area contributed by atoms with E-state index >= 15 is 0 Å². The molecule has 2 aromatic carbocycles. The Morgan fingerprint density at radius 3 is 2.23 bits per heavy atom. The van der Waals surface area contributed by atoms with E-state index in [1.165, 1.54) is 30.5 Å². The van der Waals surface area contributed by atoms with Crippen LogP contribution in [0.4, 0.5) is 0 Å². The van der Waals surface area contributed by atoms with Gasteiger partial charge in [-0.25, -0.2) is 0 Å². The van der Waals surface area contributed by atoms with Crippen molar-refractivity contribution in [3.63, 3.8) is 0 Å². The first-order chi connectivity index (χ1) is 16.9. The van der Waals surface area contributed by atoms with Crippen LogP contribution < -0.4 is 5.32 Å². The molecular formula is C30H40N2O3. The maximum Gasteiger partial charge on any atom is 0.306 e. The van der Waals surface area contributed by atoms with Crippen molar-refractivity contribution in [3.8, 4) is 11.1 Å². The number of aliphatic carboxylic acids is 1. The van der Waals surface area contributed by atoms with Crippen LogP contribution >= 0.6 is 0 Å². The largest absolute Gasteiger partial charge is 0.481 e. The maximum absolute atomic E-state index is 13.2. The number of likely N-dealkylation sites (tertiary alicyclic amines) is 1. The van der Waals surface area contributed by atoms with E-state index < -0.39 is 17.3 Å². The van der Waals surface area contributed by atoms with Gasteiger partial charge in [0.15, 0.2) is 0 Å². The SMILES string of the molecule is CC1CCCN1CCc1ccc(-c2ccc(C3(C(=O)NCC[C@@H](C)C(=O)O)CCCC3)cc2)cc1. The van der Waals surface area contributed by atoms with E-state index in [0.717, 1.165) is 49.8 Å². The molecule has 1 saturated heterocycles. The van der Waals surface area contributed by atoms with Crippen LogP contribution in [0.25, 0.3) is 11.1 Å². The van der Waals surface area contributed by atoms with Crippen LogP contribution in [-0.2, 0) is 21.4 Å². The van der Waals surface area contributed by atoms with Crippen LogP contribution in [0.5, 0.6) is 0 Å². The maximum atomic E-state index is 13.2. The molecule has 1 aliphatic carbocycles. The summed E-state index contributed by atoms with van der Waals surface area (Å²) in [7, 11) is 0. The highest BCUT2D eigenvalue weighted by Gasteiger charge is 2.42. The second-order valence-corrected chi connectivity index (χ2v) is 10.6. The Morgan fingerprint density at radius 1 is 1.03 bits per heavy atom. The Balaban J connectivity index is 1.39. The summed E-state index contributed by atoms with van der Waals surface area (Å²) in [6.07, 6.45) is 7.95. The van der Waals surface area contributed by atoms with Gasteiger partial charge in [-0.3, -0.25) is 9.59 Å². The summed E-state index contributed by atoms with van der Waals surface area (Å²) in [5, 5.41) is 12.1. The zero-order chi connectivity index (χ0) is 24.8. The van der Waals surface area contributed by atoms with Crippen LogP contribution in [0.15, 0.2) is 48.5 Å². The molecule has 5 nitrogen and oxygen atoms in total. The fourth-order valence-electron chi connectivity index (χ4n) is 5.76. The van der Waals surface area contributed by atoms with Gasteiger partial charge in [-0.15, -0.1) is 0 Å². The number of benzene rings is 2. The van der Waals surface area contributed by atoms with Crippen molar-refractivity contribution in [3.05, 3.63) is 59.7 Å². The third-order valence-electron chi connectivity index (χ3n) is 8.28. The van der Waals surface area contributed by atoms with Crippen LogP contribution in [0, 0.1) is 5.92 Å². The fraction of sp³-hybridized carbons (Fsp3) is 0.533. The van der Waals surface area contributed by atoms with Crippen LogP contribution in [0.3, 0.4) is 0 Å². The lowest BCUT2D eigenvalue weighted by Crippen LogP contribution is -2.43. The van der Waals surface area contributed by atoms with Crippen LogP contribution in [-0.4, -0.2) is 47.6 Å². The zero-order valence-corrected chi connectivity index (χ0v) is 21.3. The minimum Gasteiger partial charge on any atom is -0.481 e. The second kappa shape index (κ2) is 11.4. The molecule has 2 aliphatic rings. The van der Waals surface area contributed by atoms with Gasteiger partial charge < -0.3 is 15.3 Å². The molecule has 1 aliphatic heterocycles. The summed E-state index contributed by atoms with van der Waals surface area (Å²) in [4.78, 5) is 26.9. The van der Waals surface area contributed by atoms with Gasteiger partial charge >= 0.3 is 5.97 Å². The van der Waals surface area contributed by atoms with E-state index in [2.05, 4.69) is 65.7 Å². The predicted molar refractivity (Wildman–Crippen MR) is 140 cm³/mol. The highest BCUT2D eigenvalue weighted by atomic mass is 16.4. The molecule has 2 atom stereocenters. The molecule has 35 heavy (non-hydrogen) atoms. The van der Waals surface area contributed by atoms with E-state index in [9.17, 15) is 9.59 Å². The molecule has 0 bridgehead atoms. The lowest BCUT2D eigenvalue weighted by atomic mass is 9.77. The van der Waals surface area contributed by atoms with Crippen molar-refractivity contribution in [2.45, 2.75) is 76.7 Å². The quantitative estimate of drug-likeness (QED) is 0.480. The number of carboxylic acid groups (broad SMARTS) is 1. The van der Waals surface area contributed by atoms with Gasteiger partial charge in [0.1, 0.15) is 0 Å². The summed E-state index contributed by atoms with van der Waals surface area (Å²) in [5.41, 5.74) is 4.31. The molecule has 0 spiro atoms. The average molecular weight is 477 g/mol. The van der Waals surface area contributed by atoms with E-state index in [-0.39, 0.29) is 5.91 Å². The molecule has 0 aromatic heterocycles. The molecule has 188 valence electrons. The lowest BCUT2D eigenvalue weighted by molar-refractivity contribution is -0.141. The van der Waals surface area contributed by atoms with Crippen molar-refractivity contribution in [1.29, 1.82) is 0 Å². The molecule has 2 N–H and O–H groups in total. The molecule has 0 radical (unpaired) electrons. The first-order valence-corrected chi connectivity index (χ1v) is 13.3. The van der Waals surface area contributed by atoms with Crippen molar-refractivity contribution in [1.82, 2.24) is 10.2 Å². The number of hydrogen-bond acceptors (Lipinski definition) is 3. The Bertz CT molecular complexity index is 993. The van der Waals surface area contributed by atoms with Gasteiger partial charge in [0.05, 0.1) is 11.3 Å². The molecule has 1 unspecified atom stereocenters. The Morgan fingerprint density at radius 2 is 1.66 bits per heavy atom. The topological polar surface area (TPSA) is 69.6 Å². The molecule has 2 aromatic rings.